The Hall–Kier alpha value is -3.49. The van der Waals surface area contributed by atoms with Gasteiger partial charge in [0.05, 0.1) is 23.9 Å². The number of hydrogen-bond acceptors (Lipinski definition) is 6. The topological polar surface area (TPSA) is 86.7 Å². The third-order valence-electron chi connectivity index (χ3n) is 8.43. The molecule has 2 bridgehead atoms. The number of alkyl halides is 3. The number of benzene rings is 1. The Morgan fingerprint density at radius 2 is 1.54 bits per heavy atom. The van der Waals surface area contributed by atoms with Gasteiger partial charge in [0.2, 0.25) is 0 Å². The van der Waals surface area contributed by atoms with Crippen molar-refractivity contribution in [1.82, 2.24) is 0 Å². The SMILES string of the molecule is COC1=C(C(=O)c2ccccc2)C(=O)C2(CC=C(C)C)CC(C(=O)OCC(F)(F)F)C(C)(C)C1(CC=C(C)C)C2=O. The Bertz CT molecular complexity index is 1330. The van der Waals surface area contributed by atoms with E-state index in [0.29, 0.717) is 0 Å². The summed E-state index contributed by atoms with van der Waals surface area (Å²) in [7, 11) is 1.25. The first-order valence-electron chi connectivity index (χ1n) is 13.4. The van der Waals surface area contributed by atoms with Crippen LogP contribution in [0, 0.1) is 22.2 Å². The molecule has 0 heterocycles. The largest absolute Gasteiger partial charge is 0.499 e. The first-order chi connectivity index (χ1) is 19.0. The van der Waals surface area contributed by atoms with Gasteiger partial charge in [0.15, 0.2) is 24.0 Å². The van der Waals surface area contributed by atoms with Crippen LogP contribution in [0.15, 0.2) is 65.0 Å². The molecule has 9 heteroatoms. The van der Waals surface area contributed by atoms with Crippen LogP contribution in [0.3, 0.4) is 0 Å². The second-order valence-electron chi connectivity index (χ2n) is 11.9. The molecule has 2 aliphatic carbocycles. The normalized spacial score (nSPS) is 25.4. The van der Waals surface area contributed by atoms with Gasteiger partial charge < -0.3 is 9.47 Å². The number of carbonyl (C=O) groups is 4. The highest BCUT2D eigenvalue weighted by Crippen LogP contribution is 2.67. The molecular formula is C32H37F3O6. The Morgan fingerprint density at radius 1 is 0.976 bits per heavy atom. The van der Waals surface area contributed by atoms with Crippen molar-refractivity contribution in [3.8, 4) is 0 Å². The van der Waals surface area contributed by atoms with Crippen LogP contribution < -0.4 is 0 Å². The molecule has 0 saturated heterocycles. The molecule has 3 rings (SSSR count). The molecular weight excluding hydrogens is 537 g/mol. The molecule has 2 aliphatic rings. The monoisotopic (exact) mass is 574 g/mol. The van der Waals surface area contributed by atoms with Crippen LogP contribution in [0.1, 0.15) is 71.2 Å². The van der Waals surface area contributed by atoms with Crippen LogP contribution in [-0.4, -0.2) is 43.2 Å². The van der Waals surface area contributed by atoms with Gasteiger partial charge in [0, 0.05) is 5.56 Å². The van der Waals surface area contributed by atoms with Gasteiger partial charge in [-0.05, 0) is 52.4 Å². The van der Waals surface area contributed by atoms with Crippen molar-refractivity contribution in [1.29, 1.82) is 0 Å². The van der Waals surface area contributed by atoms with E-state index in [1.165, 1.54) is 7.11 Å². The van der Waals surface area contributed by atoms with Crippen molar-refractivity contribution in [2.24, 2.45) is 22.2 Å². The summed E-state index contributed by atoms with van der Waals surface area (Å²) < 4.78 is 49.7. The van der Waals surface area contributed by atoms with E-state index < -0.39 is 64.7 Å². The molecule has 41 heavy (non-hydrogen) atoms. The Balaban J connectivity index is 2.44. The number of fused-ring (bicyclic) bond motifs is 2. The summed E-state index contributed by atoms with van der Waals surface area (Å²) in [5.41, 5.74) is -3.50. The average Bonchev–Trinajstić information content (AvgIpc) is 2.89. The lowest BCUT2D eigenvalue weighted by atomic mass is 9.40. The number of carbonyl (C=O) groups excluding carboxylic acids is 4. The molecule has 1 aromatic rings. The summed E-state index contributed by atoms with van der Waals surface area (Å²) in [5, 5.41) is 0. The minimum absolute atomic E-state index is 0.0389. The van der Waals surface area contributed by atoms with Crippen molar-refractivity contribution < 1.29 is 41.8 Å². The Morgan fingerprint density at radius 3 is 2.05 bits per heavy atom. The number of hydrogen-bond donors (Lipinski definition) is 0. The smallest absolute Gasteiger partial charge is 0.422 e. The Kier molecular flexibility index (Phi) is 8.92. The first kappa shape index (κ1) is 32.0. The summed E-state index contributed by atoms with van der Waals surface area (Å²) in [6.45, 7) is 8.55. The van der Waals surface area contributed by atoms with E-state index >= 15 is 0 Å². The van der Waals surface area contributed by atoms with E-state index in [0.717, 1.165) is 11.1 Å². The van der Waals surface area contributed by atoms with E-state index in [9.17, 15) is 32.3 Å². The molecule has 0 spiro atoms. The number of rotatable bonds is 9. The maximum Gasteiger partial charge on any atom is 0.422 e. The van der Waals surface area contributed by atoms with E-state index in [1.807, 2.05) is 13.8 Å². The summed E-state index contributed by atoms with van der Waals surface area (Å²) in [4.78, 5) is 56.7. The molecule has 1 saturated carbocycles. The number of ether oxygens (including phenoxy) is 2. The molecule has 0 aromatic heterocycles. The van der Waals surface area contributed by atoms with Crippen molar-refractivity contribution in [2.75, 3.05) is 13.7 Å². The van der Waals surface area contributed by atoms with Gasteiger partial charge in [0.1, 0.15) is 11.3 Å². The maximum atomic E-state index is 14.8. The van der Waals surface area contributed by atoms with Gasteiger partial charge in [-0.2, -0.15) is 13.2 Å². The molecule has 1 fully saturated rings. The third-order valence-corrected chi connectivity index (χ3v) is 8.43. The molecule has 222 valence electrons. The molecule has 3 unspecified atom stereocenters. The quantitative estimate of drug-likeness (QED) is 0.107. The molecule has 3 atom stereocenters. The lowest BCUT2D eigenvalue weighted by molar-refractivity contribution is -0.200. The zero-order valence-corrected chi connectivity index (χ0v) is 24.5. The summed E-state index contributed by atoms with van der Waals surface area (Å²) in [6.07, 6.45) is -1.90. The fourth-order valence-corrected chi connectivity index (χ4v) is 6.14. The van der Waals surface area contributed by atoms with Crippen molar-refractivity contribution >= 4 is 23.3 Å². The summed E-state index contributed by atoms with van der Waals surface area (Å²) in [5.74, 6) is -4.58. The van der Waals surface area contributed by atoms with Crippen LogP contribution in [0.25, 0.3) is 0 Å². The van der Waals surface area contributed by atoms with E-state index in [-0.39, 0.29) is 29.7 Å². The summed E-state index contributed by atoms with van der Waals surface area (Å²) in [6, 6.07) is 8.12. The van der Waals surface area contributed by atoms with Crippen LogP contribution in [-0.2, 0) is 23.9 Å². The molecule has 0 N–H and O–H groups in total. The van der Waals surface area contributed by atoms with Gasteiger partial charge in [-0.15, -0.1) is 0 Å². The van der Waals surface area contributed by atoms with Crippen LogP contribution in [0.5, 0.6) is 0 Å². The number of methoxy groups -OCH3 is 1. The zero-order valence-electron chi connectivity index (χ0n) is 24.5. The Labute approximate surface area is 238 Å². The molecule has 1 aromatic carbocycles. The predicted molar refractivity (Wildman–Crippen MR) is 147 cm³/mol. The number of allylic oxidation sites excluding steroid dienone is 6. The highest BCUT2D eigenvalue weighted by Gasteiger charge is 2.74. The lowest BCUT2D eigenvalue weighted by Gasteiger charge is -2.60. The van der Waals surface area contributed by atoms with Crippen LogP contribution in [0.2, 0.25) is 0 Å². The molecule has 0 radical (unpaired) electrons. The van der Waals surface area contributed by atoms with Crippen LogP contribution in [0.4, 0.5) is 13.2 Å². The van der Waals surface area contributed by atoms with Gasteiger partial charge in [-0.1, -0.05) is 67.5 Å². The number of halogens is 3. The minimum Gasteiger partial charge on any atom is -0.499 e. The van der Waals surface area contributed by atoms with E-state index in [4.69, 9.17) is 9.47 Å². The molecule has 0 amide bonds. The van der Waals surface area contributed by atoms with Gasteiger partial charge in [0.25, 0.3) is 0 Å². The minimum atomic E-state index is -4.76. The van der Waals surface area contributed by atoms with Gasteiger partial charge in [-0.3, -0.25) is 19.2 Å². The average molecular weight is 575 g/mol. The fraction of sp³-hybridized carbons (Fsp3) is 0.500. The number of Topliss-reactive ketones (excluding diaryl/α,β-unsaturated/α-hetero) is 3. The van der Waals surface area contributed by atoms with Crippen molar-refractivity contribution in [3.63, 3.8) is 0 Å². The van der Waals surface area contributed by atoms with E-state index in [1.54, 1.807) is 70.2 Å². The maximum absolute atomic E-state index is 14.8. The second-order valence-corrected chi connectivity index (χ2v) is 11.9. The lowest BCUT2D eigenvalue weighted by Crippen LogP contribution is -2.67. The highest BCUT2D eigenvalue weighted by molar-refractivity contribution is 6.35. The highest BCUT2D eigenvalue weighted by atomic mass is 19.4. The summed E-state index contributed by atoms with van der Waals surface area (Å²) >= 11 is 0. The third kappa shape index (κ3) is 5.55. The second kappa shape index (κ2) is 11.4. The standard InChI is InChI=1S/C32H37F3O6/c1-19(2)13-15-30-17-22(27(38)41-18-32(33,34)35)29(5,6)31(28(30)39,16-14-20(3)4)26(40-7)23(25(30)37)24(36)21-11-9-8-10-12-21/h8-14,22H,15-18H2,1-7H3. The van der Waals surface area contributed by atoms with Gasteiger partial charge in [-0.25, -0.2) is 0 Å². The molecule has 6 nitrogen and oxygen atoms in total. The number of esters is 1. The zero-order chi connectivity index (χ0) is 31.0. The fourth-order valence-electron chi connectivity index (χ4n) is 6.14. The van der Waals surface area contributed by atoms with Crippen LogP contribution >= 0.6 is 0 Å². The van der Waals surface area contributed by atoms with Gasteiger partial charge >= 0.3 is 12.1 Å². The molecule has 0 aliphatic heterocycles. The predicted octanol–water partition coefficient (Wildman–Crippen LogP) is 6.76. The van der Waals surface area contributed by atoms with E-state index in [2.05, 4.69) is 0 Å². The van der Waals surface area contributed by atoms with Crippen molar-refractivity contribution in [3.05, 3.63) is 70.5 Å². The first-order valence-corrected chi connectivity index (χ1v) is 13.4. The van der Waals surface area contributed by atoms with Crippen molar-refractivity contribution in [2.45, 2.75) is 67.0 Å². The number of ketones is 3.